The second-order valence-corrected chi connectivity index (χ2v) is 4.72. The summed E-state index contributed by atoms with van der Waals surface area (Å²) in [5.41, 5.74) is 0. The monoisotopic (exact) mass is 372 g/mol. The minimum Gasteiger partial charge on any atom is -0.444 e. The summed E-state index contributed by atoms with van der Waals surface area (Å²) in [7, 11) is 0. The van der Waals surface area contributed by atoms with Gasteiger partial charge in [-0.1, -0.05) is 0 Å². The van der Waals surface area contributed by atoms with Gasteiger partial charge >= 0.3 is 6.18 Å². The lowest BCUT2D eigenvalue weighted by Gasteiger charge is -2.23. The average Bonchev–Trinajstić information content (AvgIpc) is 2.80. The van der Waals surface area contributed by atoms with Crippen molar-refractivity contribution in [2.45, 2.75) is 6.18 Å². The zero-order valence-corrected chi connectivity index (χ0v) is 12.2. The number of aliphatic hydroxyl groups excluding tert-OH is 1. The number of hydrogen-bond donors (Lipinski definition) is 2. The van der Waals surface area contributed by atoms with Gasteiger partial charge in [-0.25, -0.2) is 0 Å². The van der Waals surface area contributed by atoms with E-state index in [4.69, 9.17) is 9.52 Å². The Balaban J connectivity index is 2.55. The molecule has 0 radical (unpaired) electrons. The highest BCUT2D eigenvalue weighted by Gasteiger charge is 2.32. The van der Waals surface area contributed by atoms with Crippen LogP contribution in [0.5, 0.6) is 0 Å². The second-order valence-electron chi connectivity index (χ2n) is 3.94. The van der Waals surface area contributed by atoms with Gasteiger partial charge in [-0.15, -0.1) is 0 Å². The third kappa shape index (κ3) is 6.17. The van der Waals surface area contributed by atoms with E-state index in [0.717, 1.165) is 0 Å². The van der Waals surface area contributed by atoms with Crippen molar-refractivity contribution < 1.29 is 32.3 Å². The number of hydrogen-bond acceptors (Lipinski definition) is 4. The Bertz CT molecular complexity index is 504. The number of halogens is 4. The highest BCUT2D eigenvalue weighted by molar-refractivity contribution is 9.10. The van der Waals surface area contributed by atoms with Crippen molar-refractivity contribution in [3.63, 3.8) is 0 Å². The Morgan fingerprint density at radius 2 is 2.05 bits per heavy atom. The third-order valence-corrected chi connectivity index (χ3v) is 2.72. The summed E-state index contributed by atoms with van der Waals surface area (Å²) < 4.78 is 42.0. The van der Waals surface area contributed by atoms with E-state index in [0.29, 0.717) is 9.57 Å². The van der Waals surface area contributed by atoms with Gasteiger partial charge in [-0.2, -0.15) is 13.2 Å². The maximum atomic E-state index is 12.3. The normalized spacial score (nSPS) is 11.3. The quantitative estimate of drug-likeness (QED) is 0.784. The van der Waals surface area contributed by atoms with Crippen LogP contribution in [0.2, 0.25) is 0 Å². The fourth-order valence-corrected chi connectivity index (χ4v) is 1.73. The van der Waals surface area contributed by atoms with Crippen molar-refractivity contribution in [3.8, 4) is 0 Å². The average molecular weight is 373 g/mol. The Morgan fingerprint density at radius 3 is 2.52 bits per heavy atom. The lowest BCUT2D eigenvalue weighted by atomic mass is 10.4. The number of aliphatic hydroxyl groups is 1. The molecule has 0 aliphatic rings. The molecule has 0 saturated heterocycles. The van der Waals surface area contributed by atoms with E-state index in [1.807, 2.05) is 0 Å². The first-order chi connectivity index (χ1) is 9.73. The fraction of sp³-hybridized carbons (Fsp3) is 0.455. The summed E-state index contributed by atoms with van der Waals surface area (Å²) in [4.78, 5) is 23.6. The first-order valence-corrected chi connectivity index (χ1v) is 6.51. The molecule has 1 aromatic heterocycles. The highest BCUT2D eigenvalue weighted by atomic mass is 79.9. The molecule has 2 N–H and O–H groups in total. The van der Waals surface area contributed by atoms with Crippen LogP contribution in [0.4, 0.5) is 13.2 Å². The van der Waals surface area contributed by atoms with Gasteiger partial charge < -0.3 is 19.7 Å². The van der Waals surface area contributed by atoms with Crippen molar-refractivity contribution in [3.05, 3.63) is 22.6 Å². The van der Waals surface area contributed by atoms with Crippen LogP contribution in [0, 0.1) is 0 Å². The number of nitrogens with zero attached hydrogens (tertiary/aromatic N) is 1. The van der Waals surface area contributed by atoms with Crippen LogP contribution in [0.3, 0.4) is 0 Å². The molecule has 1 aromatic rings. The van der Waals surface area contributed by atoms with Crippen LogP contribution in [-0.4, -0.2) is 54.2 Å². The molecule has 2 amide bonds. The summed E-state index contributed by atoms with van der Waals surface area (Å²) >= 11 is 2.98. The minimum atomic E-state index is -4.58. The molecule has 0 spiro atoms. The number of amides is 2. The van der Waals surface area contributed by atoms with Crippen molar-refractivity contribution >= 4 is 27.7 Å². The van der Waals surface area contributed by atoms with Gasteiger partial charge in [-0.05, 0) is 28.1 Å². The van der Waals surface area contributed by atoms with Crippen molar-refractivity contribution in [2.75, 3.05) is 26.2 Å². The number of nitrogens with one attached hydrogen (secondary N) is 1. The lowest BCUT2D eigenvalue weighted by molar-refractivity contribution is -0.161. The molecule has 21 heavy (non-hydrogen) atoms. The predicted octanol–water partition coefficient (Wildman–Crippen LogP) is 1.16. The smallest absolute Gasteiger partial charge is 0.406 e. The van der Waals surface area contributed by atoms with Gasteiger partial charge in [0.15, 0.2) is 10.4 Å². The topological polar surface area (TPSA) is 82.8 Å². The first-order valence-electron chi connectivity index (χ1n) is 5.72. The number of carbonyl (C=O) groups excluding carboxylic acids is 2. The van der Waals surface area contributed by atoms with Crippen LogP contribution < -0.4 is 5.32 Å². The van der Waals surface area contributed by atoms with Crippen molar-refractivity contribution in [1.29, 1.82) is 0 Å². The molecule has 0 atom stereocenters. The van der Waals surface area contributed by atoms with Crippen LogP contribution in [-0.2, 0) is 4.79 Å². The van der Waals surface area contributed by atoms with E-state index in [9.17, 15) is 22.8 Å². The van der Waals surface area contributed by atoms with Gasteiger partial charge in [0.2, 0.25) is 5.91 Å². The van der Waals surface area contributed by atoms with Crippen molar-refractivity contribution in [1.82, 2.24) is 10.2 Å². The summed E-state index contributed by atoms with van der Waals surface area (Å²) in [5, 5.41) is 10.8. The third-order valence-electron chi connectivity index (χ3n) is 2.29. The molecule has 1 heterocycles. The first kappa shape index (κ1) is 17.5. The van der Waals surface area contributed by atoms with E-state index in [-0.39, 0.29) is 5.76 Å². The molecule has 0 saturated carbocycles. The Hall–Kier alpha value is -1.55. The number of furan rings is 1. The lowest BCUT2D eigenvalue weighted by Crippen LogP contribution is -2.45. The van der Waals surface area contributed by atoms with Gasteiger partial charge in [-0.3, -0.25) is 9.59 Å². The molecule has 0 fully saturated rings. The Labute approximate surface area is 126 Å². The van der Waals surface area contributed by atoms with E-state index in [1.165, 1.54) is 12.1 Å². The van der Waals surface area contributed by atoms with Gasteiger partial charge in [0.05, 0.1) is 13.2 Å². The summed E-state index contributed by atoms with van der Waals surface area (Å²) in [6.45, 7) is -3.21. The Morgan fingerprint density at radius 1 is 1.38 bits per heavy atom. The van der Waals surface area contributed by atoms with E-state index < -0.39 is 44.2 Å². The summed E-state index contributed by atoms with van der Waals surface area (Å²) in [5.74, 6) is -1.77. The SMILES string of the molecule is O=C(NCC(=O)N(CCO)CC(F)(F)F)c1ccc(Br)o1. The molecule has 1 rings (SSSR count). The number of alkyl halides is 3. The molecular formula is C11H12BrF3N2O4. The fourth-order valence-electron chi connectivity index (χ4n) is 1.42. The molecular weight excluding hydrogens is 361 g/mol. The zero-order chi connectivity index (χ0) is 16.0. The highest BCUT2D eigenvalue weighted by Crippen LogP contribution is 2.16. The van der Waals surface area contributed by atoms with Crippen LogP contribution in [0.1, 0.15) is 10.6 Å². The number of carbonyl (C=O) groups is 2. The van der Waals surface area contributed by atoms with Crippen LogP contribution in [0.15, 0.2) is 21.2 Å². The van der Waals surface area contributed by atoms with Crippen LogP contribution >= 0.6 is 15.9 Å². The van der Waals surface area contributed by atoms with E-state index >= 15 is 0 Å². The molecule has 118 valence electrons. The summed E-state index contributed by atoms with van der Waals surface area (Å²) in [6, 6.07) is 2.80. The Kier molecular flexibility index (Phi) is 6.21. The second kappa shape index (κ2) is 7.46. The van der Waals surface area contributed by atoms with E-state index in [1.54, 1.807) is 0 Å². The minimum absolute atomic E-state index is 0.0841. The molecule has 0 bridgehead atoms. The predicted molar refractivity (Wildman–Crippen MR) is 68.5 cm³/mol. The molecule has 6 nitrogen and oxygen atoms in total. The molecule has 0 aromatic carbocycles. The molecule has 0 aliphatic carbocycles. The van der Waals surface area contributed by atoms with E-state index in [2.05, 4.69) is 21.2 Å². The van der Waals surface area contributed by atoms with Gasteiger partial charge in [0, 0.05) is 6.54 Å². The largest absolute Gasteiger partial charge is 0.444 e. The van der Waals surface area contributed by atoms with Gasteiger partial charge in [0.1, 0.15) is 6.54 Å². The van der Waals surface area contributed by atoms with Crippen molar-refractivity contribution in [2.24, 2.45) is 0 Å². The van der Waals surface area contributed by atoms with Crippen LogP contribution in [0.25, 0.3) is 0 Å². The maximum Gasteiger partial charge on any atom is 0.406 e. The number of rotatable bonds is 6. The summed E-state index contributed by atoms with van der Waals surface area (Å²) in [6.07, 6.45) is -4.58. The molecule has 0 aliphatic heterocycles. The standard InChI is InChI=1S/C11H12BrF3N2O4/c12-8-2-1-7(21-8)10(20)16-5-9(19)17(3-4-18)6-11(13,14)15/h1-2,18H,3-6H2,(H,16,20). The molecule has 10 heteroatoms. The molecule has 0 unspecified atom stereocenters. The van der Waals surface area contributed by atoms with Gasteiger partial charge in [0.25, 0.3) is 5.91 Å². The zero-order valence-electron chi connectivity index (χ0n) is 10.6. The maximum absolute atomic E-state index is 12.3.